The predicted octanol–water partition coefficient (Wildman–Crippen LogP) is 4.17. The number of rotatable bonds is 4. The minimum absolute atomic E-state index is 0.112. The maximum Gasteiger partial charge on any atom is 0.337 e. The molecule has 1 N–H and O–H groups in total. The fourth-order valence-corrected chi connectivity index (χ4v) is 3.57. The molecular formula is C23H29N3O3. The maximum atomic E-state index is 12.5. The highest BCUT2D eigenvalue weighted by atomic mass is 16.5. The van der Waals surface area contributed by atoms with Crippen LogP contribution in [0.4, 0.5) is 4.79 Å². The number of benzene rings is 2. The quantitative estimate of drug-likeness (QED) is 0.845. The number of fused-ring (bicyclic) bond motifs is 1. The normalized spacial score (nSPS) is 16.0. The van der Waals surface area contributed by atoms with E-state index in [9.17, 15) is 4.79 Å². The second-order valence-electron chi connectivity index (χ2n) is 7.54. The highest BCUT2D eigenvalue weighted by Gasteiger charge is 2.28. The molecule has 1 aliphatic rings. The van der Waals surface area contributed by atoms with Crippen molar-refractivity contribution in [2.24, 2.45) is 5.10 Å². The van der Waals surface area contributed by atoms with Gasteiger partial charge >= 0.3 is 6.03 Å². The number of nitrogens with one attached hydrogen (secondary N) is 1. The van der Waals surface area contributed by atoms with Crippen LogP contribution in [0.5, 0.6) is 11.5 Å². The number of carbonyl (C=O) groups is 1. The zero-order chi connectivity index (χ0) is 21.1. The first-order chi connectivity index (χ1) is 13.9. The molecule has 6 heteroatoms. The molecule has 0 bridgehead atoms. The second-order valence-corrected chi connectivity index (χ2v) is 7.54. The number of urea groups is 1. The molecule has 29 heavy (non-hydrogen) atoms. The summed E-state index contributed by atoms with van der Waals surface area (Å²) in [6, 6.07) is 11.9. The Hall–Kier alpha value is -3.02. The first-order valence-electron chi connectivity index (χ1n) is 9.84. The summed E-state index contributed by atoms with van der Waals surface area (Å²) in [5.41, 5.74) is 4.95. The Morgan fingerprint density at radius 3 is 2.31 bits per heavy atom. The lowest BCUT2D eigenvalue weighted by Crippen LogP contribution is -2.41. The lowest BCUT2D eigenvalue weighted by molar-refractivity contribution is 0.184. The molecule has 0 spiro atoms. The molecule has 0 saturated carbocycles. The van der Waals surface area contributed by atoms with Gasteiger partial charge in [0.1, 0.15) is 0 Å². The number of hydrogen-bond acceptors (Lipinski definition) is 4. The van der Waals surface area contributed by atoms with E-state index < -0.39 is 0 Å². The van der Waals surface area contributed by atoms with Crippen LogP contribution in [0.2, 0.25) is 0 Å². The van der Waals surface area contributed by atoms with Crippen LogP contribution >= 0.6 is 0 Å². The van der Waals surface area contributed by atoms with Gasteiger partial charge in [0.15, 0.2) is 11.5 Å². The summed E-state index contributed by atoms with van der Waals surface area (Å²) in [7, 11) is 4.86. The lowest BCUT2D eigenvalue weighted by atomic mass is 9.92. The Labute approximate surface area is 172 Å². The second kappa shape index (κ2) is 8.55. The van der Waals surface area contributed by atoms with Crippen molar-refractivity contribution in [3.63, 3.8) is 0 Å². The Bertz CT molecular complexity index is 920. The first kappa shape index (κ1) is 20.7. The molecule has 2 aromatic rings. The SMILES string of the molecule is CNC(=O)N1N=C(c2ccc(C(C)C)cc2)c2cc(OC)c(OC)cc2CC1C. The van der Waals surface area contributed by atoms with E-state index in [1.807, 2.05) is 19.1 Å². The summed E-state index contributed by atoms with van der Waals surface area (Å²) in [4.78, 5) is 12.5. The zero-order valence-electron chi connectivity index (χ0n) is 17.9. The molecule has 0 aliphatic carbocycles. The minimum atomic E-state index is -0.236. The van der Waals surface area contributed by atoms with Gasteiger partial charge in [-0.3, -0.25) is 0 Å². The van der Waals surface area contributed by atoms with Crippen LogP contribution in [0, 0.1) is 0 Å². The molecule has 1 unspecified atom stereocenters. The molecule has 6 nitrogen and oxygen atoms in total. The number of hydrazone groups is 1. The zero-order valence-corrected chi connectivity index (χ0v) is 17.9. The average molecular weight is 396 g/mol. The van der Waals surface area contributed by atoms with Crippen LogP contribution in [-0.2, 0) is 6.42 Å². The highest BCUT2D eigenvalue weighted by Crippen LogP contribution is 2.34. The van der Waals surface area contributed by atoms with Gasteiger partial charge in [0.05, 0.1) is 26.0 Å². The van der Waals surface area contributed by atoms with Crippen LogP contribution in [0.1, 0.15) is 48.9 Å². The van der Waals surface area contributed by atoms with Gasteiger partial charge in [0.25, 0.3) is 0 Å². The largest absolute Gasteiger partial charge is 0.493 e. The maximum absolute atomic E-state index is 12.5. The van der Waals surface area contributed by atoms with Crippen molar-refractivity contribution in [2.45, 2.75) is 39.2 Å². The molecule has 3 rings (SSSR count). The molecule has 1 aliphatic heterocycles. The van der Waals surface area contributed by atoms with Crippen molar-refractivity contribution in [2.75, 3.05) is 21.3 Å². The molecule has 0 aromatic heterocycles. The van der Waals surface area contributed by atoms with E-state index in [-0.39, 0.29) is 12.1 Å². The van der Waals surface area contributed by atoms with Crippen molar-refractivity contribution in [3.05, 3.63) is 58.7 Å². The van der Waals surface area contributed by atoms with E-state index in [1.54, 1.807) is 21.3 Å². The van der Waals surface area contributed by atoms with Crippen molar-refractivity contribution < 1.29 is 14.3 Å². The summed E-state index contributed by atoms with van der Waals surface area (Å²) in [5.74, 6) is 1.75. The van der Waals surface area contributed by atoms with Gasteiger partial charge in [0.2, 0.25) is 0 Å². The monoisotopic (exact) mass is 395 g/mol. The number of nitrogens with zero attached hydrogens (tertiary/aromatic N) is 2. The third kappa shape index (κ3) is 4.06. The van der Waals surface area contributed by atoms with E-state index in [4.69, 9.17) is 14.6 Å². The number of amides is 2. The first-order valence-corrected chi connectivity index (χ1v) is 9.84. The predicted molar refractivity (Wildman–Crippen MR) is 115 cm³/mol. The number of hydrogen-bond donors (Lipinski definition) is 1. The van der Waals surface area contributed by atoms with E-state index in [1.165, 1.54) is 10.6 Å². The number of carbonyl (C=O) groups excluding carboxylic acids is 1. The fraction of sp³-hybridized carbons (Fsp3) is 0.391. The Kier molecular flexibility index (Phi) is 6.11. The summed E-state index contributed by atoms with van der Waals surface area (Å²) in [6.07, 6.45) is 0.653. The van der Waals surface area contributed by atoms with E-state index in [0.29, 0.717) is 23.8 Å². The Balaban J connectivity index is 2.21. The van der Waals surface area contributed by atoms with Gasteiger partial charge in [-0.15, -0.1) is 0 Å². The summed E-state index contributed by atoms with van der Waals surface area (Å²) >= 11 is 0. The third-order valence-corrected chi connectivity index (χ3v) is 5.28. The summed E-state index contributed by atoms with van der Waals surface area (Å²) < 4.78 is 11.0. The van der Waals surface area contributed by atoms with E-state index in [2.05, 4.69) is 43.4 Å². The third-order valence-electron chi connectivity index (χ3n) is 5.28. The topological polar surface area (TPSA) is 63.2 Å². The molecule has 0 saturated heterocycles. The van der Waals surface area contributed by atoms with Gasteiger partial charge in [-0.2, -0.15) is 5.10 Å². The molecule has 0 fully saturated rings. The summed E-state index contributed by atoms with van der Waals surface area (Å²) in [6.45, 7) is 6.32. The number of methoxy groups -OCH3 is 2. The molecule has 1 heterocycles. The van der Waals surface area contributed by atoms with Crippen LogP contribution < -0.4 is 14.8 Å². The van der Waals surface area contributed by atoms with Gasteiger partial charge in [0, 0.05) is 18.2 Å². The molecule has 154 valence electrons. The highest BCUT2D eigenvalue weighted by molar-refractivity contribution is 6.14. The fourth-order valence-electron chi connectivity index (χ4n) is 3.57. The van der Waals surface area contributed by atoms with Crippen molar-refractivity contribution in [3.8, 4) is 11.5 Å². The molecule has 0 radical (unpaired) electrons. The van der Waals surface area contributed by atoms with Crippen LogP contribution in [0.25, 0.3) is 0 Å². The molecule has 1 atom stereocenters. The van der Waals surface area contributed by atoms with Crippen LogP contribution in [-0.4, -0.2) is 44.1 Å². The van der Waals surface area contributed by atoms with Gasteiger partial charge in [-0.05, 0) is 42.5 Å². The van der Waals surface area contributed by atoms with Crippen LogP contribution in [0.3, 0.4) is 0 Å². The Morgan fingerprint density at radius 2 is 1.76 bits per heavy atom. The van der Waals surface area contributed by atoms with Crippen molar-refractivity contribution in [1.82, 2.24) is 10.3 Å². The van der Waals surface area contributed by atoms with Gasteiger partial charge in [-0.25, -0.2) is 9.80 Å². The van der Waals surface area contributed by atoms with Gasteiger partial charge in [-0.1, -0.05) is 38.1 Å². The summed E-state index contributed by atoms with van der Waals surface area (Å²) in [5, 5.41) is 9.00. The minimum Gasteiger partial charge on any atom is -0.493 e. The molecule has 2 aromatic carbocycles. The molecule has 2 amide bonds. The standard InChI is InChI=1S/C23H29N3O3/c1-14(2)16-7-9-17(10-8-16)22-19-13-21(29-6)20(28-5)12-18(19)11-15(3)26(25-22)23(27)24-4/h7-10,12-15H,11H2,1-6H3,(H,24,27). The van der Waals surface area contributed by atoms with Crippen LogP contribution in [0.15, 0.2) is 41.5 Å². The van der Waals surface area contributed by atoms with E-state index in [0.717, 1.165) is 22.4 Å². The van der Waals surface area contributed by atoms with Gasteiger partial charge < -0.3 is 14.8 Å². The van der Waals surface area contributed by atoms with Crippen molar-refractivity contribution >= 4 is 11.7 Å². The average Bonchev–Trinajstić information content (AvgIpc) is 2.87. The van der Waals surface area contributed by atoms with Crippen molar-refractivity contribution in [1.29, 1.82) is 0 Å². The molecular weight excluding hydrogens is 366 g/mol. The smallest absolute Gasteiger partial charge is 0.337 e. The van der Waals surface area contributed by atoms with E-state index >= 15 is 0 Å². The lowest BCUT2D eigenvalue weighted by Gasteiger charge is -2.22. The number of ether oxygens (including phenoxy) is 2. The Morgan fingerprint density at radius 1 is 1.14 bits per heavy atom.